The largest absolute Gasteiger partial charge is 0.361 e. The van der Waals surface area contributed by atoms with Crippen LogP contribution >= 0.6 is 11.3 Å². The van der Waals surface area contributed by atoms with Gasteiger partial charge in [0.15, 0.2) is 0 Å². The number of aromatic nitrogens is 1. The number of nitrogens with zero attached hydrogens (tertiary/aromatic N) is 2. The Balaban J connectivity index is 1.62. The molecule has 1 saturated heterocycles. The van der Waals surface area contributed by atoms with Crippen molar-refractivity contribution in [3.05, 3.63) is 35.5 Å². The molecule has 2 aromatic heterocycles. The summed E-state index contributed by atoms with van der Waals surface area (Å²) in [5.74, 6) is 0.0500. The van der Waals surface area contributed by atoms with Gasteiger partial charge in [0.2, 0.25) is 0 Å². The fourth-order valence-corrected chi connectivity index (χ4v) is 4.39. The van der Waals surface area contributed by atoms with E-state index in [1.165, 1.54) is 11.3 Å². The maximum atomic E-state index is 12.6. The molecule has 2 N–H and O–H groups in total. The smallest absolute Gasteiger partial charge is 0.265 e. The van der Waals surface area contributed by atoms with Crippen LogP contribution in [0.2, 0.25) is 0 Å². The molecule has 4 rings (SSSR count). The zero-order valence-corrected chi connectivity index (χ0v) is 13.9. The highest BCUT2D eigenvalue weighted by Crippen LogP contribution is 2.39. The van der Waals surface area contributed by atoms with E-state index in [9.17, 15) is 4.79 Å². The third-order valence-corrected chi connectivity index (χ3v) is 5.97. The summed E-state index contributed by atoms with van der Waals surface area (Å²) >= 11 is 1.54. The minimum atomic E-state index is -0.285. The van der Waals surface area contributed by atoms with Crippen molar-refractivity contribution in [2.45, 2.75) is 25.4 Å². The van der Waals surface area contributed by atoms with E-state index in [0.29, 0.717) is 0 Å². The molecule has 0 atom stereocenters. The molecule has 1 fully saturated rings. The van der Waals surface area contributed by atoms with Gasteiger partial charge in [-0.1, -0.05) is 6.92 Å². The van der Waals surface area contributed by atoms with Gasteiger partial charge < -0.3 is 15.5 Å². The van der Waals surface area contributed by atoms with Crippen molar-refractivity contribution in [2.75, 3.05) is 25.0 Å². The highest BCUT2D eigenvalue weighted by atomic mass is 32.1. The summed E-state index contributed by atoms with van der Waals surface area (Å²) in [4.78, 5) is 20.9. The van der Waals surface area contributed by atoms with Crippen LogP contribution in [0.25, 0.3) is 10.4 Å². The van der Waals surface area contributed by atoms with E-state index in [0.717, 1.165) is 53.5 Å². The number of hydrogen-bond donors (Lipinski definition) is 2. The van der Waals surface area contributed by atoms with Crippen molar-refractivity contribution in [1.29, 1.82) is 0 Å². The van der Waals surface area contributed by atoms with E-state index in [4.69, 9.17) is 0 Å². The molecule has 0 saturated carbocycles. The van der Waals surface area contributed by atoms with Gasteiger partial charge in [0.1, 0.15) is 10.5 Å². The molecular weight excluding hydrogens is 308 g/mol. The molecule has 0 bridgehead atoms. The Morgan fingerprint density at radius 2 is 2.00 bits per heavy atom. The van der Waals surface area contributed by atoms with Crippen LogP contribution in [0.3, 0.4) is 0 Å². The van der Waals surface area contributed by atoms with Gasteiger partial charge in [-0.3, -0.25) is 9.78 Å². The maximum absolute atomic E-state index is 12.6. The van der Waals surface area contributed by atoms with Gasteiger partial charge in [-0.2, -0.15) is 0 Å². The first kappa shape index (κ1) is 14.7. The standard InChI is InChI=1S/C17H20N4OS/c1-2-21-9-5-17(6-10-21)19-13-11-14(12-3-7-18-8-4-12)23-15(13)16(22)20-17/h3-4,7-8,11,19H,2,5-6,9-10H2,1H3,(H,20,22). The highest BCUT2D eigenvalue weighted by molar-refractivity contribution is 7.18. The molecule has 0 aliphatic carbocycles. The molecule has 5 nitrogen and oxygen atoms in total. The van der Waals surface area contributed by atoms with Gasteiger partial charge in [0.25, 0.3) is 5.91 Å². The molecule has 0 aromatic carbocycles. The third-order valence-electron chi connectivity index (χ3n) is 4.79. The summed E-state index contributed by atoms with van der Waals surface area (Å²) in [7, 11) is 0. The van der Waals surface area contributed by atoms with Crippen molar-refractivity contribution in [2.24, 2.45) is 0 Å². The van der Waals surface area contributed by atoms with Gasteiger partial charge in [0.05, 0.1) is 5.69 Å². The molecule has 1 amide bonds. The number of nitrogens with one attached hydrogen (secondary N) is 2. The Morgan fingerprint density at radius 3 is 2.70 bits per heavy atom. The van der Waals surface area contributed by atoms with E-state index < -0.39 is 0 Å². The summed E-state index contributed by atoms with van der Waals surface area (Å²) in [5.41, 5.74) is 1.78. The monoisotopic (exact) mass is 328 g/mol. The van der Waals surface area contributed by atoms with E-state index in [1.807, 2.05) is 12.1 Å². The Bertz CT molecular complexity index is 719. The topological polar surface area (TPSA) is 57.3 Å². The lowest BCUT2D eigenvalue weighted by atomic mass is 9.94. The van der Waals surface area contributed by atoms with Gasteiger partial charge >= 0.3 is 0 Å². The molecule has 0 radical (unpaired) electrons. The van der Waals surface area contributed by atoms with Gasteiger partial charge in [-0.15, -0.1) is 11.3 Å². The Labute approximate surface area is 139 Å². The number of pyridine rings is 1. The lowest BCUT2D eigenvalue weighted by Gasteiger charge is -2.45. The van der Waals surface area contributed by atoms with Crippen LogP contribution < -0.4 is 10.6 Å². The van der Waals surface area contributed by atoms with E-state index >= 15 is 0 Å². The highest BCUT2D eigenvalue weighted by Gasteiger charge is 2.40. The molecule has 2 aliphatic heterocycles. The predicted octanol–water partition coefficient (Wildman–Crippen LogP) is 2.78. The zero-order chi connectivity index (χ0) is 15.9. The summed E-state index contributed by atoms with van der Waals surface area (Å²) in [6, 6.07) is 6.05. The molecule has 4 heterocycles. The lowest BCUT2D eigenvalue weighted by molar-refractivity contribution is 0.0838. The second-order valence-corrected chi connectivity index (χ2v) is 7.24. The molecule has 2 aromatic rings. The maximum Gasteiger partial charge on any atom is 0.265 e. The number of likely N-dealkylation sites (tertiary alicyclic amines) is 1. The first-order chi connectivity index (χ1) is 11.2. The average Bonchev–Trinajstić information content (AvgIpc) is 3.01. The average molecular weight is 328 g/mol. The fraction of sp³-hybridized carbons (Fsp3) is 0.412. The first-order valence-corrected chi connectivity index (χ1v) is 8.88. The molecule has 6 heteroatoms. The SMILES string of the molecule is CCN1CCC2(CC1)NC(=O)c1sc(-c3ccncc3)cc1N2. The van der Waals surface area contributed by atoms with Crippen molar-refractivity contribution < 1.29 is 4.79 Å². The lowest BCUT2D eigenvalue weighted by Crippen LogP contribution is -2.62. The Hall–Kier alpha value is -1.92. The molecule has 23 heavy (non-hydrogen) atoms. The normalized spacial score (nSPS) is 20.0. The number of piperidine rings is 1. The van der Waals surface area contributed by atoms with Crippen LogP contribution in [0.1, 0.15) is 29.4 Å². The number of carbonyl (C=O) groups is 1. The number of amides is 1. The van der Waals surface area contributed by atoms with Crippen molar-refractivity contribution in [3.63, 3.8) is 0 Å². The number of fused-ring (bicyclic) bond motifs is 1. The van der Waals surface area contributed by atoms with Crippen molar-refractivity contribution >= 4 is 22.9 Å². The Kier molecular flexibility index (Phi) is 3.58. The molecular formula is C17H20N4OS. The number of rotatable bonds is 2. The summed E-state index contributed by atoms with van der Waals surface area (Å²) in [6.07, 6.45) is 5.44. The minimum absolute atomic E-state index is 0.0500. The van der Waals surface area contributed by atoms with Crippen LogP contribution in [0, 0.1) is 0 Å². The second-order valence-electron chi connectivity index (χ2n) is 6.18. The summed E-state index contributed by atoms with van der Waals surface area (Å²) in [6.45, 7) is 5.28. The van der Waals surface area contributed by atoms with Crippen LogP contribution in [0.5, 0.6) is 0 Å². The van der Waals surface area contributed by atoms with Gasteiger partial charge in [-0.25, -0.2) is 0 Å². The summed E-state index contributed by atoms with van der Waals surface area (Å²) < 4.78 is 0. The fourth-order valence-electron chi connectivity index (χ4n) is 3.38. The summed E-state index contributed by atoms with van der Waals surface area (Å²) in [5, 5.41) is 6.83. The first-order valence-electron chi connectivity index (χ1n) is 8.06. The quantitative estimate of drug-likeness (QED) is 0.890. The van der Waals surface area contributed by atoms with Crippen LogP contribution in [0.4, 0.5) is 5.69 Å². The van der Waals surface area contributed by atoms with Gasteiger partial charge in [-0.05, 0) is 30.3 Å². The number of anilines is 1. The molecule has 0 unspecified atom stereocenters. The Morgan fingerprint density at radius 1 is 1.26 bits per heavy atom. The van der Waals surface area contributed by atoms with E-state index in [2.05, 4.69) is 33.5 Å². The van der Waals surface area contributed by atoms with Crippen LogP contribution in [-0.4, -0.2) is 41.1 Å². The molecule has 2 aliphatic rings. The molecule has 120 valence electrons. The van der Waals surface area contributed by atoms with Crippen LogP contribution in [0.15, 0.2) is 30.6 Å². The predicted molar refractivity (Wildman–Crippen MR) is 92.7 cm³/mol. The van der Waals surface area contributed by atoms with Crippen molar-refractivity contribution in [3.8, 4) is 10.4 Å². The third kappa shape index (κ3) is 2.62. The van der Waals surface area contributed by atoms with Crippen molar-refractivity contribution in [1.82, 2.24) is 15.2 Å². The van der Waals surface area contributed by atoms with E-state index in [-0.39, 0.29) is 11.6 Å². The zero-order valence-electron chi connectivity index (χ0n) is 13.1. The van der Waals surface area contributed by atoms with Gasteiger partial charge in [0, 0.05) is 43.2 Å². The molecule has 1 spiro atoms. The second kappa shape index (κ2) is 5.62. The van der Waals surface area contributed by atoms with E-state index in [1.54, 1.807) is 12.4 Å². The number of carbonyl (C=O) groups excluding carboxylic acids is 1. The van der Waals surface area contributed by atoms with Crippen LogP contribution in [-0.2, 0) is 0 Å². The minimum Gasteiger partial charge on any atom is -0.361 e. The number of hydrogen-bond acceptors (Lipinski definition) is 5. The number of thiophene rings is 1.